The van der Waals surface area contributed by atoms with Crippen LogP contribution < -0.4 is 0 Å². The van der Waals surface area contributed by atoms with Crippen LogP contribution >= 0.6 is 28.6 Å². The van der Waals surface area contributed by atoms with Crippen LogP contribution in [0.2, 0.25) is 0 Å². The highest BCUT2D eigenvalue weighted by atomic mass is 79.9. The standard InChI is InChI=1S/C13H16BrNO2S/c14-10-1-2-11(12(18)7-10)13(17)15-5-3-9(8-15)4-6-16/h1-2,7,9,16,18H,3-6,8H2. The Kier molecular flexibility index (Phi) is 4.70. The monoisotopic (exact) mass is 329 g/mol. The van der Waals surface area contributed by atoms with E-state index in [1.54, 1.807) is 6.07 Å². The minimum atomic E-state index is 0.0351. The number of nitrogens with zero attached hydrogens (tertiary/aromatic N) is 1. The molecule has 2 rings (SSSR count). The molecule has 1 saturated heterocycles. The zero-order valence-electron chi connectivity index (χ0n) is 9.97. The van der Waals surface area contributed by atoms with E-state index < -0.39 is 0 Å². The van der Waals surface area contributed by atoms with Gasteiger partial charge in [-0.05, 0) is 37.0 Å². The molecule has 3 nitrogen and oxygen atoms in total. The number of amides is 1. The minimum Gasteiger partial charge on any atom is -0.396 e. The second kappa shape index (κ2) is 6.08. The molecule has 1 aliphatic heterocycles. The second-order valence-corrected chi connectivity index (χ2v) is 5.98. The average molecular weight is 330 g/mol. The van der Waals surface area contributed by atoms with Crippen molar-refractivity contribution in [1.82, 2.24) is 4.90 Å². The van der Waals surface area contributed by atoms with E-state index in [9.17, 15) is 4.79 Å². The number of rotatable bonds is 3. The normalized spacial score (nSPS) is 19.3. The summed E-state index contributed by atoms with van der Waals surface area (Å²) in [6.07, 6.45) is 1.75. The molecular formula is C13H16BrNO2S. The van der Waals surface area contributed by atoms with Gasteiger partial charge < -0.3 is 10.0 Å². The van der Waals surface area contributed by atoms with Crippen LogP contribution in [0.1, 0.15) is 23.2 Å². The van der Waals surface area contributed by atoms with Crippen molar-refractivity contribution in [2.45, 2.75) is 17.7 Å². The summed E-state index contributed by atoms with van der Waals surface area (Å²) in [5, 5.41) is 8.92. The Morgan fingerprint density at radius 2 is 2.33 bits per heavy atom. The Hall–Kier alpha value is -0.520. The van der Waals surface area contributed by atoms with Crippen molar-refractivity contribution in [2.75, 3.05) is 19.7 Å². The Morgan fingerprint density at radius 3 is 3.00 bits per heavy atom. The van der Waals surface area contributed by atoms with Gasteiger partial charge >= 0.3 is 0 Å². The molecule has 18 heavy (non-hydrogen) atoms. The lowest BCUT2D eigenvalue weighted by Gasteiger charge is -2.17. The zero-order valence-corrected chi connectivity index (χ0v) is 12.5. The molecule has 0 aliphatic carbocycles. The number of halogens is 1. The SMILES string of the molecule is O=C(c1ccc(Br)cc1S)N1CCC(CCO)C1. The van der Waals surface area contributed by atoms with Crippen LogP contribution in [0, 0.1) is 5.92 Å². The van der Waals surface area contributed by atoms with Crippen LogP contribution in [0.25, 0.3) is 0 Å². The Morgan fingerprint density at radius 1 is 1.56 bits per heavy atom. The van der Waals surface area contributed by atoms with Gasteiger partial charge in [0.15, 0.2) is 0 Å². The van der Waals surface area contributed by atoms with E-state index in [2.05, 4.69) is 28.6 Å². The van der Waals surface area contributed by atoms with Crippen molar-refractivity contribution in [1.29, 1.82) is 0 Å². The summed E-state index contributed by atoms with van der Waals surface area (Å²) in [6.45, 7) is 1.71. The van der Waals surface area contributed by atoms with E-state index in [-0.39, 0.29) is 12.5 Å². The summed E-state index contributed by atoms with van der Waals surface area (Å²) in [5.41, 5.74) is 0.645. The lowest BCUT2D eigenvalue weighted by atomic mass is 10.1. The number of carbonyl (C=O) groups excluding carboxylic acids is 1. The first-order valence-corrected chi connectivity index (χ1v) is 7.24. The summed E-state index contributed by atoms with van der Waals surface area (Å²) in [5.74, 6) is 0.464. The minimum absolute atomic E-state index is 0.0351. The fraction of sp³-hybridized carbons (Fsp3) is 0.462. The Balaban J connectivity index is 2.08. The maximum Gasteiger partial charge on any atom is 0.254 e. The van der Waals surface area contributed by atoms with Crippen LogP contribution in [0.4, 0.5) is 0 Å². The van der Waals surface area contributed by atoms with Crippen molar-refractivity contribution in [3.05, 3.63) is 28.2 Å². The van der Waals surface area contributed by atoms with Crippen molar-refractivity contribution in [3.8, 4) is 0 Å². The molecule has 1 fully saturated rings. The zero-order chi connectivity index (χ0) is 13.1. The highest BCUT2D eigenvalue weighted by molar-refractivity contribution is 9.10. The van der Waals surface area contributed by atoms with Gasteiger partial charge in [0, 0.05) is 29.1 Å². The molecular weight excluding hydrogens is 314 g/mol. The summed E-state index contributed by atoms with van der Waals surface area (Å²) in [6, 6.07) is 5.49. The highest BCUT2D eigenvalue weighted by Crippen LogP contribution is 2.25. The summed E-state index contributed by atoms with van der Waals surface area (Å²) >= 11 is 7.70. The molecule has 1 aromatic rings. The van der Waals surface area contributed by atoms with Gasteiger partial charge in [0.05, 0.1) is 5.56 Å². The van der Waals surface area contributed by atoms with Gasteiger partial charge in [0.25, 0.3) is 5.91 Å². The lowest BCUT2D eigenvalue weighted by molar-refractivity contribution is 0.0781. The van der Waals surface area contributed by atoms with Crippen LogP contribution in [-0.2, 0) is 0 Å². The first-order valence-electron chi connectivity index (χ1n) is 6.00. The fourth-order valence-corrected chi connectivity index (χ4v) is 3.14. The molecule has 1 aromatic carbocycles. The number of hydrogen-bond acceptors (Lipinski definition) is 3. The predicted molar refractivity (Wildman–Crippen MR) is 77.1 cm³/mol. The molecule has 1 N–H and O–H groups in total. The molecule has 98 valence electrons. The summed E-state index contributed by atoms with van der Waals surface area (Å²) < 4.78 is 0.920. The lowest BCUT2D eigenvalue weighted by Crippen LogP contribution is -2.29. The van der Waals surface area contributed by atoms with Crippen molar-refractivity contribution < 1.29 is 9.90 Å². The van der Waals surface area contributed by atoms with Crippen LogP contribution in [0.5, 0.6) is 0 Å². The molecule has 0 spiro atoms. The molecule has 0 bridgehead atoms. The summed E-state index contributed by atoms with van der Waals surface area (Å²) in [7, 11) is 0. The maximum atomic E-state index is 12.3. The average Bonchev–Trinajstić information content (AvgIpc) is 2.77. The molecule has 1 heterocycles. The smallest absolute Gasteiger partial charge is 0.254 e. The van der Waals surface area contributed by atoms with Gasteiger partial charge in [-0.2, -0.15) is 0 Å². The van der Waals surface area contributed by atoms with Gasteiger partial charge in [-0.3, -0.25) is 4.79 Å². The third kappa shape index (κ3) is 3.08. The van der Waals surface area contributed by atoms with E-state index in [1.807, 2.05) is 17.0 Å². The van der Waals surface area contributed by atoms with E-state index in [1.165, 1.54) is 0 Å². The van der Waals surface area contributed by atoms with Gasteiger partial charge in [-0.1, -0.05) is 15.9 Å². The first-order chi connectivity index (χ1) is 8.61. The fourth-order valence-electron chi connectivity index (χ4n) is 2.29. The van der Waals surface area contributed by atoms with Crippen molar-refractivity contribution >= 4 is 34.5 Å². The van der Waals surface area contributed by atoms with Crippen molar-refractivity contribution in [2.24, 2.45) is 5.92 Å². The van der Waals surface area contributed by atoms with E-state index in [4.69, 9.17) is 5.11 Å². The molecule has 5 heteroatoms. The molecule has 1 unspecified atom stereocenters. The molecule has 1 amide bonds. The molecule has 0 radical (unpaired) electrons. The first kappa shape index (κ1) is 13.9. The van der Waals surface area contributed by atoms with E-state index in [0.29, 0.717) is 16.4 Å². The van der Waals surface area contributed by atoms with Crippen LogP contribution in [0.15, 0.2) is 27.6 Å². The third-order valence-electron chi connectivity index (χ3n) is 3.30. The number of carbonyl (C=O) groups is 1. The maximum absolute atomic E-state index is 12.3. The largest absolute Gasteiger partial charge is 0.396 e. The Labute approximate surface area is 121 Å². The van der Waals surface area contributed by atoms with E-state index >= 15 is 0 Å². The number of benzene rings is 1. The number of thiol groups is 1. The number of aliphatic hydroxyl groups is 1. The number of hydrogen-bond donors (Lipinski definition) is 2. The Bertz CT molecular complexity index is 453. The number of likely N-dealkylation sites (tertiary alicyclic amines) is 1. The third-order valence-corrected chi connectivity index (χ3v) is 4.16. The molecule has 1 atom stereocenters. The van der Waals surface area contributed by atoms with Gasteiger partial charge in [0.1, 0.15) is 0 Å². The van der Waals surface area contributed by atoms with Crippen molar-refractivity contribution in [3.63, 3.8) is 0 Å². The quantitative estimate of drug-likeness (QED) is 0.837. The van der Waals surface area contributed by atoms with Gasteiger partial charge in [-0.15, -0.1) is 12.6 Å². The topological polar surface area (TPSA) is 40.5 Å². The van der Waals surface area contributed by atoms with Crippen LogP contribution in [-0.4, -0.2) is 35.6 Å². The molecule has 0 saturated carbocycles. The summed E-state index contributed by atoms with van der Waals surface area (Å²) in [4.78, 5) is 14.9. The highest BCUT2D eigenvalue weighted by Gasteiger charge is 2.27. The van der Waals surface area contributed by atoms with Crippen LogP contribution in [0.3, 0.4) is 0 Å². The number of aliphatic hydroxyl groups excluding tert-OH is 1. The molecule has 0 aromatic heterocycles. The molecule has 1 aliphatic rings. The van der Waals surface area contributed by atoms with Gasteiger partial charge in [0.2, 0.25) is 0 Å². The predicted octanol–water partition coefficient (Wildman–Crippen LogP) is 2.58. The van der Waals surface area contributed by atoms with Gasteiger partial charge in [-0.25, -0.2) is 0 Å². The second-order valence-electron chi connectivity index (χ2n) is 4.58. The van der Waals surface area contributed by atoms with E-state index in [0.717, 1.165) is 30.4 Å².